The maximum Gasteiger partial charge on any atom is 0.223 e. The second kappa shape index (κ2) is 7.21. The topological polar surface area (TPSA) is 53.1 Å². The Kier molecular flexibility index (Phi) is 4.58. The van der Waals surface area contributed by atoms with Crippen LogP contribution in [0.15, 0.2) is 30.5 Å². The Morgan fingerprint density at radius 3 is 2.78 bits per heavy atom. The van der Waals surface area contributed by atoms with Crippen molar-refractivity contribution in [1.82, 2.24) is 20.2 Å². The number of nitrogens with zero attached hydrogens (tertiary/aromatic N) is 3. The van der Waals surface area contributed by atoms with Crippen molar-refractivity contribution >= 4 is 5.95 Å². The highest BCUT2D eigenvalue weighted by Crippen LogP contribution is 2.46. The fraction of sp³-hybridized carbons (Fsp3) is 0.545. The lowest BCUT2D eigenvalue weighted by Crippen LogP contribution is -2.43. The van der Waals surface area contributed by atoms with Gasteiger partial charge in [0.1, 0.15) is 0 Å². The summed E-state index contributed by atoms with van der Waals surface area (Å²) in [6.07, 6.45) is 8.20. The molecule has 2 fully saturated rings. The van der Waals surface area contributed by atoms with Gasteiger partial charge >= 0.3 is 0 Å². The first kappa shape index (κ1) is 17.1. The number of likely N-dealkylation sites (tertiary alicyclic amines) is 1. The molecular weight excluding hydrogens is 334 g/mol. The molecule has 5 nitrogen and oxygen atoms in total. The van der Waals surface area contributed by atoms with Crippen LogP contribution >= 0.6 is 0 Å². The number of hydrogen-bond donors (Lipinski definition) is 2. The number of benzene rings is 1. The normalized spacial score (nSPS) is 21.0. The van der Waals surface area contributed by atoms with Crippen LogP contribution in [0.1, 0.15) is 36.8 Å². The fourth-order valence-electron chi connectivity index (χ4n) is 5.15. The molecule has 1 aromatic carbocycles. The Balaban J connectivity index is 1.40. The van der Waals surface area contributed by atoms with Crippen molar-refractivity contribution in [2.45, 2.75) is 37.5 Å². The zero-order valence-electron chi connectivity index (χ0n) is 16.0. The average Bonchev–Trinajstić information content (AvgIpc) is 3.23. The molecular formula is C22H29N5. The molecule has 0 saturated carbocycles. The lowest BCUT2D eigenvalue weighted by molar-refractivity contribution is 0.302. The molecule has 3 aliphatic rings. The highest BCUT2D eigenvalue weighted by atomic mass is 15.2. The number of piperidine rings is 1. The van der Waals surface area contributed by atoms with E-state index in [1.165, 1.54) is 55.5 Å². The quantitative estimate of drug-likeness (QED) is 0.875. The van der Waals surface area contributed by atoms with Crippen LogP contribution in [0.3, 0.4) is 0 Å². The standard InChI is InChI=1S/C22H29N5/c1-2-6-19-18(5-1)20-17(15-22(19)7-9-23-10-8-22)16-25-21(26-20)24-11-14-27-12-3-4-13-27/h1-2,5-6,16,23H,3-4,7-15H2,(H,24,25,26). The maximum absolute atomic E-state index is 4.94. The summed E-state index contributed by atoms with van der Waals surface area (Å²) >= 11 is 0. The van der Waals surface area contributed by atoms with E-state index in [0.29, 0.717) is 0 Å². The molecule has 3 heterocycles. The predicted molar refractivity (Wildman–Crippen MR) is 109 cm³/mol. The van der Waals surface area contributed by atoms with Crippen molar-refractivity contribution in [2.24, 2.45) is 0 Å². The molecule has 1 aliphatic carbocycles. The van der Waals surface area contributed by atoms with E-state index in [-0.39, 0.29) is 5.41 Å². The number of anilines is 1. The van der Waals surface area contributed by atoms with Gasteiger partial charge < -0.3 is 15.5 Å². The summed E-state index contributed by atoms with van der Waals surface area (Å²) in [5.41, 5.74) is 5.49. The second-order valence-corrected chi connectivity index (χ2v) is 8.30. The zero-order chi connectivity index (χ0) is 18.1. The molecule has 1 spiro atoms. The summed E-state index contributed by atoms with van der Waals surface area (Å²) in [5, 5.41) is 6.97. The van der Waals surface area contributed by atoms with Crippen molar-refractivity contribution in [3.8, 4) is 11.3 Å². The minimum absolute atomic E-state index is 0.253. The lowest BCUT2D eigenvalue weighted by atomic mass is 9.64. The van der Waals surface area contributed by atoms with Gasteiger partial charge in [-0.3, -0.25) is 0 Å². The minimum atomic E-state index is 0.253. The van der Waals surface area contributed by atoms with Crippen LogP contribution in [0, 0.1) is 0 Å². The van der Waals surface area contributed by atoms with Crippen LogP contribution in [0.25, 0.3) is 11.3 Å². The summed E-state index contributed by atoms with van der Waals surface area (Å²) in [7, 11) is 0. The number of fused-ring (bicyclic) bond motifs is 4. The SMILES string of the molecule is c1ccc2c(c1)-c1nc(NCCN3CCCC3)ncc1CC21CCNCC1. The summed E-state index contributed by atoms with van der Waals surface area (Å²) in [6, 6.07) is 8.90. The van der Waals surface area contributed by atoms with Gasteiger partial charge in [0.25, 0.3) is 0 Å². The van der Waals surface area contributed by atoms with Crippen LogP contribution in [-0.2, 0) is 11.8 Å². The molecule has 0 atom stereocenters. The largest absolute Gasteiger partial charge is 0.353 e. The van der Waals surface area contributed by atoms with E-state index in [9.17, 15) is 0 Å². The van der Waals surface area contributed by atoms with Gasteiger partial charge in [-0.05, 0) is 69.4 Å². The number of hydrogen-bond acceptors (Lipinski definition) is 5. The number of nitrogens with one attached hydrogen (secondary N) is 2. The third-order valence-corrected chi connectivity index (χ3v) is 6.62. The molecule has 0 amide bonds. The first-order chi connectivity index (χ1) is 13.3. The Bertz CT molecular complexity index is 806. The smallest absolute Gasteiger partial charge is 0.223 e. The van der Waals surface area contributed by atoms with E-state index in [1.807, 2.05) is 0 Å². The van der Waals surface area contributed by atoms with Crippen LogP contribution in [0.4, 0.5) is 5.95 Å². The van der Waals surface area contributed by atoms with E-state index < -0.39 is 0 Å². The number of rotatable bonds is 4. The van der Waals surface area contributed by atoms with Crippen molar-refractivity contribution in [3.63, 3.8) is 0 Å². The molecule has 5 rings (SSSR count). The first-order valence-corrected chi connectivity index (χ1v) is 10.5. The number of aromatic nitrogens is 2. The molecule has 0 radical (unpaired) electrons. The summed E-state index contributed by atoms with van der Waals surface area (Å²) in [4.78, 5) is 12.1. The van der Waals surface area contributed by atoms with Gasteiger partial charge in [-0.1, -0.05) is 24.3 Å². The lowest BCUT2D eigenvalue weighted by Gasteiger charge is -2.42. The highest BCUT2D eigenvalue weighted by Gasteiger charge is 2.40. The average molecular weight is 364 g/mol. The van der Waals surface area contributed by atoms with Crippen molar-refractivity contribution in [3.05, 3.63) is 41.6 Å². The Morgan fingerprint density at radius 1 is 1.11 bits per heavy atom. The molecule has 1 aromatic heterocycles. The van der Waals surface area contributed by atoms with Gasteiger partial charge in [0.05, 0.1) is 5.69 Å². The predicted octanol–water partition coefficient (Wildman–Crippen LogP) is 2.83. The fourth-order valence-corrected chi connectivity index (χ4v) is 5.15. The van der Waals surface area contributed by atoms with Gasteiger partial charge in [0.15, 0.2) is 0 Å². The molecule has 27 heavy (non-hydrogen) atoms. The zero-order valence-corrected chi connectivity index (χ0v) is 16.0. The Labute approximate surface area is 161 Å². The third kappa shape index (κ3) is 3.23. The highest BCUT2D eigenvalue weighted by molar-refractivity contribution is 5.72. The molecule has 2 aliphatic heterocycles. The molecule has 2 saturated heterocycles. The molecule has 5 heteroatoms. The minimum Gasteiger partial charge on any atom is -0.353 e. The molecule has 2 aromatic rings. The summed E-state index contributed by atoms with van der Waals surface area (Å²) < 4.78 is 0. The van der Waals surface area contributed by atoms with Gasteiger partial charge in [-0.2, -0.15) is 0 Å². The van der Waals surface area contributed by atoms with Gasteiger partial charge in [-0.25, -0.2) is 9.97 Å². The molecule has 142 valence electrons. The maximum atomic E-state index is 4.94. The van der Waals surface area contributed by atoms with Gasteiger partial charge in [0, 0.05) is 30.3 Å². The van der Waals surface area contributed by atoms with E-state index in [2.05, 4.69) is 51.0 Å². The first-order valence-electron chi connectivity index (χ1n) is 10.5. The van der Waals surface area contributed by atoms with Crippen molar-refractivity contribution in [1.29, 1.82) is 0 Å². The summed E-state index contributed by atoms with van der Waals surface area (Å²) in [5.74, 6) is 0.768. The van der Waals surface area contributed by atoms with E-state index in [4.69, 9.17) is 4.98 Å². The van der Waals surface area contributed by atoms with Crippen LogP contribution in [-0.4, -0.2) is 54.1 Å². The summed E-state index contributed by atoms with van der Waals surface area (Å²) in [6.45, 7) is 6.65. The molecule has 0 unspecified atom stereocenters. The molecule has 2 N–H and O–H groups in total. The Morgan fingerprint density at radius 2 is 1.93 bits per heavy atom. The van der Waals surface area contributed by atoms with E-state index >= 15 is 0 Å². The third-order valence-electron chi connectivity index (χ3n) is 6.62. The molecule has 0 bridgehead atoms. The van der Waals surface area contributed by atoms with Gasteiger partial charge in [0.2, 0.25) is 5.95 Å². The van der Waals surface area contributed by atoms with Gasteiger partial charge in [-0.15, -0.1) is 0 Å². The Hall–Kier alpha value is -1.98. The van der Waals surface area contributed by atoms with Crippen LogP contribution in [0.5, 0.6) is 0 Å². The van der Waals surface area contributed by atoms with Crippen LogP contribution in [0.2, 0.25) is 0 Å². The van der Waals surface area contributed by atoms with Crippen LogP contribution < -0.4 is 10.6 Å². The monoisotopic (exact) mass is 363 g/mol. The van der Waals surface area contributed by atoms with Crippen molar-refractivity contribution < 1.29 is 0 Å². The van der Waals surface area contributed by atoms with Crippen molar-refractivity contribution in [2.75, 3.05) is 44.6 Å². The second-order valence-electron chi connectivity index (χ2n) is 8.30. The van der Waals surface area contributed by atoms with E-state index in [1.54, 1.807) is 0 Å². The van der Waals surface area contributed by atoms with E-state index in [0.717, 1.165) is 44.2 Å².